The van der Waals surface area contributed by atoms with Crippen molar-refractivity contribution in [2.45, 2.75) is 59.9 Å². The molecule has 0 saturated heterocycles. The summed E-state index contributed by atoms with van der Waals surface area (Å²) in [6.07, 6.45) is 3.16. The quantitative estimate of drug-likeness (QED) is 0.719. The number of aliphatic hydroxyl groups is 1. The van der Waals surface area contributed by atoms with Crippen molar-refractivity contribution < 1.29 is 5.11 Å². The van der Waals surface area contributed by atoms with Crippen molar-refractivity contribution in [3.8, 4) is 0 Å². The van der Waals surface area contributed by atoms with Crippen LogP contribution < -0.4 is 5.32 Å². The van der Waals surface area contributed by atoms with E-state index < -0.39 is 0 Å². The Morgan fingerprint density at radius 3 is 2.63 bits per heavy atom. The van der Waals surface area contributed by atoms with Gasteiger partial charge < -0.3 is 10.4 Å². The maximum absolute atomic E-state index is 9.22. The Balaban J connectivity index is 2.39. The lowest BCUT2D eigenvalue weighted by Crippen LogP contribution is -2.23. The van der Waals surface area contributed by atoms with Crippen LogP contribution in [0.3, 0.4) is 0 Å². The van der Waals surface area contributed by atoms with Gasteiger partial charge in [0.1, 0.15) is 0 Å². The Bertz CT molecular complexity index is 387. The second kappa shape index (κ2) is 7.36. The van der Waals surface area contributed by atoms with Crippen LogP contribution in [0, 0.1) is 12.3 Å². The van der Waals surface area contributed by atoms with Crippen molar-refractivity contribution in [1.82, 2.24) is 10.3 Å². The third-order valence-electron chi connectivity index (χ3n) is 3.48. The first-order valence-corrected chi connectivity index (χ1v) is 8.01. The Morgan fingerprint density at radius 2 is 2.11 bits per heavy atom. The minimum absolute atomic E-state index is 0.0424. The molecule has 0 fully saturated rings. The van der Waals surface area contributed by atoms with Crippen molar-refractivity contribution in [3.05, 3.63) is 15.6 Å². The van der Waals surface area contributed by atoms with E-state index in [1.54, 1.807) is 0 Å². The molecule has 19 heavy (non-hydrogen) atoms. The van der Waals surface area contributed by atoms with Crippen molar-refractivity contribution in [1.29, 1.82) is 0 Å². The Morgan fingerprint density at radius 1 is 1.42 bits per heavy atom. The van der Waals surface area contributed by atoms with Gasteiger partial charge in [0.25, 0.3) is 0 Å². The van der Waals surface area contributed by atoms with E-state index in [4.69, 9.17) is 0 Å². The fourth-order valence-electron chi connectivity index (χ4n) is 2.08. The number of nitrogens with one attached hydrogen (secondary N) is 1. The third-order valence-corrected chi connectivity index (χ3v) is 4.97. The van der Waals surface area contributed by atoms with E-state index in [0.717, 1.165) is 31.5 Å². The molecule has 0 aliphatic carbocycles. The highest BCUT2D eigenvalue weighted by Gasteiger charge is 2.16. The highest BCUT2D eigenvalue weighted by atomic mass is 32.1. The molecule has 3 nitrogen and oxygen atoms in total. The van der Waals surface area contributed by atoms with E-state index >= 15 is 0 Å². The maximum Gasteiger partial charge on any atom is 0.0928 e. The zero-order valence-corrected chi connectivity index (χ0v) is 13.7. The molecule has 1 unspecified atom stereocenters. The summed E-state index contributed by atoms with van der Waals surface area (Å²) in [6.45, 7) is 11.9. The molecule has 2 N–H and O–H groups in total. The zero-order chi connectivity index (χ0) is 14.5. The van der Waals surface area contributed by atoms with Crippen LogP contribution in [-0.2, 0) is 6.42 Å². The third kappa shape index (κ3) is 5.21. The Hall–Kier alpha value is -0.450. The second-order valence-electron chi connectivity index (χ2n) is 6.01. The summed E-state index contributed by atoms with van der Waals surface area (Å²) in [5.41, 5.74) is 1.21. The molecule has 0 spiro atoms. The van der Waals surface area contributed by atoms with E-state index in [1.807, 2.05) is 11.3 Å². The standard InChI is InChI=1S/C15H28N2OS/c1-6-13-17-12(3)14(19-13)11(2)16-9-7-8-15(4,5)10-18/h11,16,18H,6-10H2,1-5H3. The van der Waals surface area contributed by atoms with Crippen LogP contribution >= 0.6 is 11.3 Å². The summed E-state index contributed by atoms with van der Waals surface area (Å²) in [7, 11) is 0. The van der Waals surface area contributed by atoms with Gasteiger partial charge in [-0.1, -0.05) is 20.8 Å². The molecule has 1 rings (SSSR count). The van der Waals surface area contributed by atoms with Crippen molar-refractivity contribution in [2.75, 3.05) is 13.2 Å². The molecule has 0 bridgehead atoms. The highest BCUT2D eigenvalue weighted by Crippen LogP contribution is 2.25. The predicted octanol–water partition coefficient (Wildman–Crippen LogP) is 3.46. The zero-order valence-electron chi connectivity index (χ0n) is 12.9. The van der Waals surface area contributed by atoms with E-state index in [-0.39, 0.29) is 12.0 Å². The van der Waals surface area contributed by atoms with Crippen LogP contribution in [0.15, 0.2) is 0 Å². The largest absolute Gasteiger partial charge is 0.396 e. The number of hydrogen-bond donors (Lipinski definition) is 2. The fourth-order valence-corrected chi connectivity index (χ4v) is 3.11. The van der Waals surface area contributed by atoms with Gasteiger partial charge in [-0.25, -0.2) is 4.98 Å². The van der Waals surface area contributed by atoms with Gasteiger partial charge in [0, 0.05) is 17.5 Å². The molecule has 4 heteroatoms. The molecule has 0 radical (unpaired) electrons. The number of rotatable bonds is 8. The van der Waals surface area contributed by atoms with Gasteiger partial charge in [-0.2, -0.15) is 0 Å². The Labute approximate surface area is 121 Å². The highest BCUT2D eigenvalue weighted by molar-refractivity contribution is 7.11. The molecule has 110 valence electrons. The summed E-state index contributed by atoms with van der Waals surface area (Å²) in [5, 5.41) is 14.0. The SMILES string of the molecule is CCc1nc(C)c(C(C)NCCCC(C)(C)CO)s1. The second-order valence-corrected chi connectivity index (χ2v) is 7.13. The molecule has 0 aliphatic heterocycles. The van der Waals surface area contributed by atoms with Crippen LogP contribution in [0.4, 0.5) is 0 Å². The van der Waals surface area contributed by atoms with E-state index in [0.29, 0.717) is 6.04 Å². The number of aryl methyl sites for hydroxylation is 2. The van der Waals surface area contributed by atoms with Crippen molar-refractivity contribution in [3.63, 3.8) is 0 Å². The molecule has 0 aliphatic rings. The number of aromatic nitrogens is 1. The molecular weight excluding hydrogens is 256 g/mol. The Kier molecular flexibility index (Phi) is 6.43. The average molecular weight is 284 g/mol. The van der Waals surface area contributed by atoms with Crippen LogP contribution in [0.1, 0.15) is 62.2 Å². The number of thiazole rings is 1. The van der Waals surface area contributed by atoms with Crippen molar-refractivity contribution >= 4 is 11.3 Å². The van der Waals surface area contributed by atoms with E-state index in [2.05, 4.69) is 44.9 Å². The molecule has 1 heterocycles. The lowest BCUT2D eigenvalue weighted by Gasteiger charge is -2.22. The summed E-state index contributed by atoms with van der Waals surface area (Å²) in [5.74, 6) is 0. The van der Waals surface area contributed by atoms with Crippen LogP contribution in [0.2, 0.25) is 0 Å². The van der Waals surface area contributed by atoms with Gasteiger partial charge in [-0.05, 0) is 45.1 Å². The van der Waals surface area contributed by atoms with Gasteiger partial charge in [-0.3, -0.25) is 0 Å². The first-order chi connectivity index (χ1) is 8.89. The molecule has 0 aromatic carbocycles. The van der Waals surface area contributed by atoms with E-state index in [1.165, 1.54) is 9.88 Å². The fraction of sp³-hybridized carbons (Fsp3) is 0.800. The first-order valence-electron chi connectivity index (χ1n) is 7.20. The number of hydrogen-bond acceptors (Lipinski definition) is 4. The topological polar surface area (TPSA) is 45.2 Å². The molecule has 0 amide bonds. The predicted molar refractivity (Wildman–Crippen MR) is 82.7 cm³/mol. The monoisotopic (exact) mass is 284 g/mol. The van der Waals surface area contributed by atoms with Gasteiger partial charge in [0.2, 0.25) is 0 Å². The molecular formula is C15H28N2OS. The van der Waals surface area contributed by atoms with E-state index in [9.17, 15) is 5.11 Å². The average Bonchev–Trinajstić information content (AvgIpc) is 2.76. The molecule has 0 saturated carbocycles. The summed E-state index contributed by atoms with van der Waals surface area (Å²) >= 11 is 1.82. The minimum Gasteiger partial charge on any atom is -0.396 e. The van der Waals surface area contributed by atoms with Crippen molar-refractivity contribution in [2.24, 2.45) is 5.41 Å². The summed E-state index contributed by atoms with van der Waals surface area (Å²) < 4.78 is 0. The maximum atomic E-state index is 9.22. The lowest BCUT2D eigenvalue weighted by molar-refractivity contribution is 0.147. The van der Waals surface area contributed by atoms with Crippen LogP contribution in [0.25, 0.3) is 0 Å². The number of aliphatic hydroxyl groups excluding tert-OH is 1. The number of nitrogens with zero attached hydrogens (tertiary/aromatic N) is 1. The summed E-state index contributed by atoms with van der Waals surface area (Å²) in [6, 6.07) is 0.370. The molecule has 1 aromatic heterocycles. The van der Waals surface area contributed by atoms with Gasteiger partial charge in [0.05, 0.1) is 10.7 Å². The molecule has 1 aromatic rings. The summed E-state index contributed by atoms with van der Waals surface area (Å²) in [4.78, 5) is 5.94. The molecule has 1 atom stereocenters. The van der Waals surface area contributed by atoms with Crippen LogP contribution in [-0.4, -0.2) is 23.2 Å². The van der Waals surface area contributed by atoms with Crippen LogP contribution in [0.5, 0.6) is 0 Å². The van der Waals surface area contributed by atoms with Gasteiger partial charge in [-0.15, -0.1) is 11.3 Å². The van der Waals surface area contributed by atoms with Gasteiger partial charge in [0.15, 0.2) is 0 Å². The normalized spacial score (nSPS) is 13.8. The lowest BCUT2D eigenvalue weighted by atomic mass is 9.89. The smallest absolute Gasteiger partial charge is 0.0928 e. The first kappa shape index (κ1) is 16.6. The van der Waals surface area contributed by atoms with Gasteiger partial charge >= 0.3 is 0 Å². The minimum atomic E-state index is 0.0424.